The lowest BCUT2D eigenvalue weighted by Crippen LogP contribution is -2.43. The van der Waals surface area contributed by atoms with Crippen molar-refractivity contribution in [3.8, 4) is 0 Å². The molecule has 1 atom stereocenters. The van der Waals surface area contributed by atoms with Crippen molar-refractivity contribution >= 4 is 5.97 Å². The molecule has 1 unspecified atom stereocenters. The standard InChI is InChI=1S/C12H21NO2/c1-12(6-2-3-7-12)8-13-10(11(14)15)9-4-5-9/h9-10,13H,2-8H2,1H3,(H,14,15). The maximum atomic E-state index is 11.0. The van der Waals surface area contributed by atoms with Gasteiger partial charge in [0.2, 0.25) is 0 Å². The summed E-state index contributed by atoms with van der Waals surface area (Å²) < 4.78 is 0. The van der Waals surface area contributed by atoms with Crippen molar-refractivity contribution in [2.45, 2.75) is 51.5 Å². The van der Waals surface area contributed by atoms with E-state index in [0.717, 1.165) is 19.4 Å². The Bertz CT molecular complexity index is 242. The van der Waals surface area contributed by atoms with Crippen LogP contribution in [0.2, 0.25) is 0 Å². The van der Waals surface area contributed by atoms with Crippen molar-refractivity contribution in [2.24, 2.45) is 11.3 Å². The summed E-state index contributed by atoms with van der Waals surface area (Å²) in [7, 11) is 0. The summed E-state index contributed by atoms with van der Waals surface area (Å²) in [5.74, 6) is -0.272. The van der Waals surface area contributed by atoms with E-state index >= 15 is 0 Å². The fraction of sp³-hybridized carbons (Fsp3) is 0.917. The second-order valence-electron chi connectivity index (χ2n) is 5.55. The maximum Gasteiger partial charge on any atom is 0.320 e. The summed E-state index contributed by atoms with van der Waals surface area (Å²) >= 11 is 0. The van der Waals surface area contributed by atoms with Crippen LogP contribution in [0.4, 0.5) is 0 Å². The predicted octanol–water partition coefficient (Wildman–Crippen LogP) is 2.02. The molecule has 0 amide bonds. The zero-order valence-electron chi connectivity index (χ0n) is 9.46. The molecule has 0 spiro atoms. The van der Waals surface area contributed by atoms with Crippen LogP contribution in [0, 0.1) is 11.3 Å². The average molecular weight is 211 g/mol. The quantitative estimate of drug-likeness (QED) is 0.731. The Labute approximate surface area is 91.2 Å². The van der Waals surface area contributed by atoms with E-state index in [1.807, 2.05) is 0 Å². The van der Waals surface area contributed by atoms with Gasteiger partial charge in [-0.1, -0.05) is 19.8 Å². The van der Waals surface area contributed by atoms with Gasteiger partial charge in [-0.3, -0.25) is 4.79 Å². The van der Waals surface area contributed by atoms with Gasteiger partial charge in [0, 0.05) is 6.54 Å². The van der Waals surface area contributed by atoms with Crippen molar-refractivity contribution in [1.29, 1.82) is 0 Å². The van der Waals surface area contributed by atoms with Gasteiger partial charge in [-0.05, 0) is 37.0 Å². The molecule has 0 aromatic carbocycles. The smallest absolute Gasteiger partial charge is 0.320 e. The first-order valence-electron chi connectivity index (χ1n) is 6.07. The summed E-state index contributed by atoms with van der Waals surface area (Å²) in [5, 5.41) is 12.3. The molecule has 0 saturated heterocycles. The lowest BCUT2D eigenvalue weighted by molar-refractivity contribution is -0.140. The number of carboxylic acids is 1. The second-order valence-corrected chi connectivity index (χ2v) is 5.55. The van der Waals surface area contributed by atoms with Crippen LogP contribution in [0.15, 0.2) is 0 Å². The Morgan fingerprint density at radius 2 is 2.07 bits per heavy atom. The molecule has 86 valence electrons. The molecular weight excluding hydrogens is 190 g/mol. The molecule has 2 rings (SSSR count). The lowest BCUT2D eigenvalue weighted by Gasteiger charge is -2.26. The topological polar surface area (TPSA) is 49.3 Å². The molecule has 0 aromatic heterocycles. The molecule has 0 aromatic rings. The Morgan fingerprint density at radius 1 is 1.47 bits per heavy atom. The van der Waals surface area contributed by atoms with E-state index in [9.17, 15) is 4.79 Å². The van der Waals surface area contributed by atoms with Gasteiger partial charge >= 0.3 is 5.97 Å². The van der Waals surface area contributed by atoms with Crippen LogP contribution in [-0.2, 0) is 4.79 Å². The van der Waals surface area contributed by atoms with Crippen molar-refractivity contribution in [2.75, 3.05) is 6.54 Å². The van der Waals surface area contributed by atoms with Gasteiger partial charge in [0.05, 0.1) is 0 Å². The number of carbonyl (C=O) groups is 1. The molecule has 2 N–H and O–H groups in total. The highest BCUT2D eigenvalue weighted by Gasteiger charge is 2.38. The van der Waals surface area contributed by atoms with E-state index in [4.69, 9.17) is 5.11 Å². The third kappa shape index (κ3) is 2.71. The van der Waals surface area contributed by atoms with Crippen LogP contribution in [0.5, 0.6) is 0 Å². The maximum absolute atomic E-state index is 11.0. The fourth-order valence-corrected chi connectivity index (χ4v) is 2.65. The highest BCUT2D eigenvalue weighted by Crippen LogP contribution is 2.38. The van der Waals surface area contributed by atoms with Crippen molar-refractivity contribution in [1.82, 2.24) is 5.32 Å². The molecule has 2 saturated carbocycles. The van der Waals surface area contributed by atoms with E-state index in [-0.39, 0.29) is 6.04 Å². The normalized spacial score (nSPS) is 26.5. The van der Waals surface area contributed by atoms with Crippen LogP contribution in [0.3, 0.4) is 0 Å². The van der Waals surface area contributed by atoms with E-state index < -0.39 is 5.97 Å². The average Bonchev–Trinajstić information content (AvgIpc) is 2.90. The second kappa shape index (κ2) is 4.12. The molecule has 0 aliphatic heterocycles. The molecular formula is C12H21NO2. The molecule has 2 aliphatic carbocycles. The minimum Gasteiger partial charge on any atom is -0.480 e. The Balaban J connectivity index is 1.82. The zero-order valence-corrected chi connectivity index (χ0v) is 9.46. The van der Waals surface area contributed by atoms with E-state index in [2.05, 4.69) is 12.2 Å². The van der Waals surface area contributed by atoms with Gasteiger partial charge in [0.25, 0.3) is 0 Å². The predicted molar refractivity (Wildman–Crippen MR) is 58.7 cm³/mol. The van der Waals surface area contributed by atoms with Crippen LogP contribution in [0.25, 0.3) is 0 Å². The van der Waals surface area contributed by atoms with Gasteiger partial charge in [-0.25, -0.2) is 0 Å². The minimum atomic E-state index is -0.668. The SMILES string of the molecule is CC1(CNC(C(=O)O)C2CC2)CCCC1. The zero-order chi connectivity index (χ0) is 10.9. The van der Waals surface area contributed by atoms with E-state index in [1.165, 1.54) is 25.7 Å². The molecule has 15 heavy (non-hydrogen) atoms. The monoisotopic (exact) mass is 211 g/mol. The third-order valence-electron chi connectivity index (χ3n) is 3.92. The van der Waals surface area contributed by atoms with Gasteiger partial charge in [-0.2, -0.15) is 0 Å². The van der Waals surface area contributed by atoms with Crippen LogP contribution >= 0.6 is 0 Å². The summed E-state index contributed by atoms with van der Waals surface area (Å²) in [6.45, 7) is 3.15. The van der Waals surface area contributed by atoms with Gasteiger partial charge in [0.1, 0.15) is 6.04 Å². The Morgan fingerprint density at radius 3 is 2.53 bits per heavy atom. The van der Waals surface area contributed by atoms with Crippen LogP contribution in [0.1, 0.15) is 45.4 Å². The van der Waals surface area contributed by atoms with E-state index in [1.54, 1.807) is 0 Å². The largest absolute Gasteiger partial charge is 0.480 e. The van der Waals surface area contributed by atoms with Crippen LogP contribution in [-0.4, -0.2) is 23.7 Å². The van der Waals surface area contributed by atoms with Crippen molar-refractivity contribution in [3.05, 3.63) is 0 Å². The molecule has 2 fully saturated rings. The molecule has 0 heterocycles. The van der Waals surface area contributed by atoms with Gasteiger partial charge in [-0.15, -0.1) is 0 Å². The Hall–Kier alpha value is -0.570. The number of nitrogens with one attached hydrogen (secondary N) is 1. The molecule has 2 aliphatic rings. The number of hydrogen-bond acceptors (Lipinski definition) is 2. The number of aliphatic carboxylic acids is 1. The highest BCUT2D eigenvalue weighted by molar-refractivity contribution is 5.74. The number of hydrogen-bond donors (Lipinski definition) is 2. The fourth-order valence-electron chi connectivity index (χ4n) is 2.65. The van der Waals surface area contributed by atoms with E-state index in [0.29, 0.717) is 11.3 Å². The van der Waals surface area contributed by atoms with Gasteiger partial charge in [0.15, 0.2) is 0 Å². The third-order valence-corrected chi connectivity index (χ3v) is 3.92. The first-order valence-corrected chi connectivity index (χ1v) is 6.07. The first kappa shape index (κ1) is 10.9. The van der Waals surface area contributed by atoms with Gasteiger partial charge < -0.3 is 10.4 Å². The van der Waals surface area contributed by atoms with Crippen LogP contribution < -0.4 is 5.32 Å². The van der Waals surface area contributed by atoms with Crippen molar-refractivity contribution in [3.63, 3.8) is 0 Å². The molecule has 3 heteroatoms. The number of carboxylic acid groups (broad SMARTS) is 1. The lowest BCUT2D eigenvalue weighted by atomic mass is 9.88. The summed E-state index contributed by atoms with van der Waals surface area (Å²) in [6.07, 6.45) is 7.27. The summed E-state index contributed by atoms with van der Waals surface area (Å²) in [5.41, 5.74) is 0.350. The highest BCUT2D eigenvalue weighted by atomic mass is 16.4. The first-order chi connectivity index (χ1) is 7.11. The molecule has 3 nitrogen and oxygen atoms in total. The minimum absolute atomic E-state index is 0.289. The molecule has 0 radical (unpaired) electrons. The Kier molecular flexibility index (Phi) is 3.01. The summed E-state index contributed by atoms with van der Waals surface area (Å²) in [4.78, 5) is 11.0. The van der Waals surface area contributed by atoms with Crippen molar-refractivity contribution < 1.29 is 9.90 Å². The molecule has 0 bridgehead atoms. The number of rotatable bonds is 5. The summed E-state index contributed by atoms with van der Waals surface area (Å²) in [6, 6.07) is -0.289.